The number of aryl methyl sites for hydroxylation is 1. The zero-order valence-corrected chi connectivity index (χ0v) is 25.0. The van der Waals surface area contributed by atoms with E-state index in [4.69, 9.17) is 0 Å². The van der Waals surface area contributed by atoms with Crippen LogP contribution in [0.25, 0.3) is 33.4 Å². The Labute approximate surface area is 266 Å². The molecular formula is C37H28F8O2. The molecular weight excluding hydrogens is 628 g/mol. The van der Waals surface area contributed by atoms with Gasteiger partial charge in [0.2, 0.25) is 0 Å². The van der Waals surface area contributed by atoms with Crippen LogP contribution in [-0.4, -0.2) is 6.36 Å². The summed E-state index contributed by atoms with van der Waals surface area (Å²) < 4.78 is 120. The van der Waals surface area contributed by atoms with E-state index in [-0.39, 0.29) is 22.3 Å². The van der Waals surface area contributed by atoms with Crippen LogP contribution in [0.1, 0.15) is 37.3 Å². The SMILES string of the molecule is CCCCCc1ccc(-c2ccc(-c3ccc(-c4ccc(C(F)(F)Oc5ccc(OC(F)(F)F)cc5)c(F)c4)c(F)c3)c(F)c2)cc1. The molecule has 244 valence electrons. The lowest BCUT2D eigenvalue weighted by Gasteiger charge is -2.19. The van der Waals surface area contributed by atoms with Crippen molar-refractivity contribution in [3.63, 3.8) is 0 Å². The fourth-order valence-corrected chi connectivity index (χ4v) is 5.12. The van der Waals surface area contributed by atoms with Crippen molar-refractivity contribution in [3.8, 4) is 44.9 Å². The first-order valence-electron chi connectivity index (χ1n) is 14.7. The topological polar surface area (TPSA) is 18.5 Å². The first-order chi connectivity index (χ1) is 22.3. The van der Waals surface area contributed by atoms with Gasteiger partial charge in [0.25, 0.3) is 0 Å². The number of benzene rings is 5. The molecule has 0 bridgehead atoms. The molecule has 0 aliphatic carbocycles. The lowest BCUT2D eigenvalue weighted by atomic mass is 9.96. The minimum Gasteiger partial charge on any atom is -0.429 e. The molecule has 0 unspecified atom stereocenters. The maximum absolute atomic E-state index is 15.2. The van der Waals surface area contributed by atoms with E-state index >= 15 is 8.78 Å². The van der Waals surface area contributed by atoms with Crippen LogP contribution in [0.15, 0.2) is 103 Å². The third-order valence-corrected chi connectivity index (χ3v) is 7.50. The lowest BCUT2D eigenvalue weighted by Crippen LogP contribution is -2.23. The van der Waals surface area contributed by atoms with Gasteiger partial charge in [0, 0.05) is 11.1 Å². The van der Waals surface area contributed by atoms with Gasteiger partial charge in [-0.3, -0.25) is 0 Å². The van der Waals surface area contributed by atoms with E-state index in [1.165, 1.54) is 23.8 Å². The van der Waals surface area contributed by atoms with E-state index in [0.717, 1.165) is 73.7 Å². The van der Waals surface area contributed by atoms with Crippen LogP contribution in [0.2, 0.25) is 0 Å². The Kier molecular flexibility index (Phi) is 9.88. The second-order valence-electron chi connectivity index (χ2n) is 10.9. The molecule has 5 aromatic carbocycles. The normalized spacial score (nSPS) is 11.9. The summed E-state index contributed by atoms with van der Waals surface area (Å²) in [5.41, 5.74) is 1.73. The molecule has 0 saturated heterocycles. The number of hydrogen-bond donors (Lipinski definition) is 0. The van der Waals surface area contributed by atoms with E-state index < -0.39 is 47.0 Å². The van der Waals surface area contributed by atoms with Gasteiger partial charge in [0.15, 0.2) is 0 Å². The minimum absolute atomic E-state index is 0.0614. The summed E-state index contributed by atoms with van der Waals surface area (Å²) in [5.74, 6) is -4.02. The summed E-state index contributed by atoms with van der Waals surface area (Å²) in [6.45, 7) is 2.15. The Hall–Kier alpha value is -4.86. The smallest absolute Gasteiger partial charge is 0.429 e. The summed E-state index contributed by atoms with van der Waals surface area (Å²) in [4.78, 5) is 0. The molecule has 0 aliphatic heterocycles. The van der Waals surface area contributed by atoms with Crippen molar-refractivity contribution in [2.45, 2.75) is 45.1 Å². The molecule has 10 heteroatoms. The maximum Gasteiger partial charge on any atom is 0.573 e. The Morgan fingerprint density at radius 3 is 1.53 bits per heavy atom. The Morgan fingerprint density at radius 1 is 0.511 bits per heavy atom. The summed E-state index contributed by atoms with van der Waals surface area (Å²) in [6.07, 6.45) is -4.82. The fourth-order valence-electron chi connectivity index (χ4n) is 5.12. The second-order valence-corrected chi connectivity index (χ2v) is 10.9. The van der Waals surface area contributed by atoms with Gasteiger partial charge in [0.05, 0.1) is 5.56 Å². The molecule has 0 aliphatic rings. The second kappa shape index (κ2) is 13.9. The van der Waals surface area contributed by atoms with E-state index in [0.29, 0.717) is 11.6 Å². The fraction of sp³-hybridized carbons (Fsp3) is 0.189. The molecule has 0 N–H and O–H groups in total. The van der Waals surface area contributed by atoms with Gasteiger partial charge in [-0.05, 0) is 89.2 Å². The molecule has 47 heavy (non-hydrogen) atoms. The Morgan fingerprint density at radius 2 is 1.00 bits per heavy atom. The molecule has 0 spiro atoms. The number of hydrogen-bond acceptors (Lipinski definition) is 2. The van der Waals surface area contributed by atoms with Gasteiger partial charge < -0.3 is 9.47 Å². The van der Waals surface area contributed by atoms with Crippen molar-refractivity contribution in [3.05, 3.63) is 132 Å². The number of unbranched alkanes of at least 4 members (excludes halogenated alkanes) is 2. The van der Waals surface area contributed by atoms with Gasteiger partial charge in [-0.2, -0.15) is 8.78 Å². The predicted molar refractivity (Wildman–Crippen MR) is 163 cm³/mol. The number of alkyl halides is 5. The highest BCUT2D eigenvalue weighted by atomic mass is 19.4. The van der Waals surface area contributed by atoms with Crippen molar-refractivity contribution >= 4 is 0 Å². The molecule has 2 nitrogen and oxygen atoms in total. The van der Waals surface area contributed by atoms with Gasteiger partial charge in [-0.25, -0.2) is 13.2 Å². The van der Waals surface area contributed by atoms with Gasteiger partial charge >= 0.3 is 12.5 Å². The molecule has 0 atom stereocenters. The monoisotopic (exact) mass is 656 g/mol. The Balaban J connectivity index is 1.30. The largest absolute Gasteiger partial charge is 0.573 e. The van der Waals surface area contributed by atoms with Gasteiger partial charge in [-0.15, -0.1) is 13.2 Å². The van der Waals surface area contributed by atoms with Gasteiger partial charge in [-0.1, -0.05) is 74.4 Å². The average Bonchev–Trinajstić information content (AvgIpc) is 3.01. The van der Waals surface area contributed by atoms with E-state index in [1.807, 2.05) is 24.3 Å². The average molecular weight is 657 g/mol. The standard InChI is InChI=1S/C37H28F8O2/c1-2-3-4-5-23-6-8-24(9-7-23)25-10-17-30(33(38)20-25)26-11-18-31(34(39)21-26)27-12-19-32(35(40)22-27)36(41,42)46-28-13-15-29(16-14-28)47-37(43,44)45/h6-22H,2-5H2,1H3. The first kappa shape index (κ1) is 33.5. The highest BCUT2D eigenvalue weighted by Gasteiger charge is 2.38. The molecule has 5 aromatic rings. The van der Waals surface area contributed by atoms with Crippen LogP contribution >= 0.6 is 0 Å². The molecule has 0 amide bonds. The molecule has 0 radical (unpaired) electrons. The van der Waals surface area contributed by atoms with Crippen molar-refractivity contribution in [1.82, 2.24) is 0 Å². The molecule has 0 saturated carbocycles. The van der Waals surface area contributed by atoms with Gasteiger partial charge in [0.1, 0.15) is 29.0 Å². The highest BCUT2D eigenvalue weighted by Crippen LogP contribution is 2.37. The van der Waals surface area contributed by atoms with Crippen LogP contribution in [-0.2, 0) is 12.5 Å². The summed E-state index contributed by atoms with van der Waals surface area (Å²) in [6, 6.07) is 22.0. The zero-order valence-electron chi connectivity index (χ0n) is 25.0. The summed E-state index contributed by atoms with van der Waals surface area (Å²) in [7, 11) is 0. The van der Waals surface area contributed by atoms with Crippen LogP contribution in [0.5, 0.6) is 11.5 Å². The Bertz CT molecular complexity index is 1830. The van der Waals surface area contributed by atoms with E-state index in [9.17, 15) is 26.3 Å². The van der Waals surface area contributed by atoms with Crippen LogP contribution in [0.3, 0.4) is 0 Å². The quantitative estimate of drug-likeness (QED) is 0.104. The molecule has 0 heterocycles. The molecule has 0 aromatic heterocycles. The number of ether oxygens (including phenoxy) is 2. The van der Waals surface area contributed by atoms with E-state index in [2.05, 4.69) is 16.4 Å². The maximum atomic E-state index is 15.2. The zero-order chi connectivity index (χ0) is 33.8. The number of rotatable bonds is 11. The van der Waals surface area contributed by atoms with Crippen molar-refractivity contribution in [2.24, 2.45) is 0 Å². The third-order valence-electron chi connectivity index (χ3n) is 7.50. The van der Waals surface area contributed by atoms with E-state index in [1.54, 1.807) is 12.1 Å². The van der Waals surface area contributed by atoms with Crippen molar-refractivity contribution in [2.75, 3.05) is 0 Å². The minimum atomic E-state index is -4.97. The first-order valence-corrected chi connectivity index (χ1v) is 14.7. The van der Waals surface area contributed by atoms with Crippen LogP contribution in [0, 0.1) is 17.5 Å². The van der Waals surface area contributed by atoms with Crippen LogP contribution < -0.4 is 9.47 Å². The number of halogens is 8. The van der Waals surface area contributed by atoms with Crippen LogP contribution in [0.4, 0.5) is 35.1 Å². The third kappa shape index (κ3) is 8.30. The highest BCUT2D eigenvalue weighted by molar-refractivity contribution is 5.74. The lowest BCUT2D eigenvalue weighted by molar-refractivity contribution is -0.274. The summed E-state index contributed by atoms with van der Waals surface area (Å²) in [5, 5.41) is 0. The van der Waals surface area contributed by atoms with Crippen molar-refractivity contribution < 1.29 is 44.6 Å². The molecule has 5 rings (SSSR count). The summed E-state index contributed by atoms with van der Waals surface area (Å²) >= 11 is 0. The predicted octanol–water partition coefficient (Wildman–Crippen LogP) is 11.9. The molecule has 0 fully saturated rings. The van der Waals surface area contributed by atoms with Crippen molar-refractivity contribution in [1.29, 1.82) is 0 Å².